The van der Waals surface area contributed by atoms with Crippen LogP contribution < -0.4 is 0 Å². The molecule has 2 aromatic rings. The summed E-state index contributed by atoms with van der Waals surface area (Å²) >= 11 is 0. The summed E-state index contributed by atoms with van der Waals surface area (Å²) in [7, 11) is 0. The van der Waals surface area contributed by atoms with Crippen LogP contribution in [-0.2, 0) is 9.53 Å². The largest absolute Gasteiger partial charge is 0.508 e. The van der Waals surface area contributed by atoms with E-state index in [1.165, 1.54) is 0 Å². The number of benzene rings is 2. The first-order valence-corrected chi connectivity index (χ1v) is 7.28. The van der Waals surface area contributed by atoms with Crippen molar-refractivity contribution in [1.29, 1.82) is 0 Å². The number of ether oxygens (including phenoxy) is 1. The lowest BCUT2D eigenvalue weighted by Crippen LogP contribution is -2.04. The van der Waals surface area contributed by atoms with E-state index in [2.05, 4.69) is 6.58 Å². The van der Waals surface area contributed by atoms with Gasteiger partial charge in [-0.1, -0.05) is 49.9 Å². The van der Waals surface area contributed by atoms with Crippen LogP contribution in [0.1, 0.15) is 20.3 Å². The van der Waals surface area contributed by atoms with Crippen LogP contribution in [0.2, 0.25) is 0 Å². The minimum atomic E-state index is -0.295. The zero-order valence-corrected chi connectivity index (χ0v) is 13.6. The fraction of sp³-hybridized carbons (Fsp3) is 0.211. The van der Waals surface area contributed by atoms with Gasteiger partial charge in [-0.2, -0.15) is 0 Å². The summed E-state index contributed by atoms with van der Waals surface area (Å²) in [5, 5.41) is 17.3. The van der Waals surface area contributed by atoms with Gasteiger partial charge >= 0.3 is 5.97 Å². The second-order valence-corrected chi connectivity index (χ2v) is 4.59. The van der Waals surface area contributed by atoms with Gasteiger partial charge in [-0.3, -0.25) is 0 Å². The van der Waals surface area contributed by atoms with E-state index in [0.717, 1.165) is 6.42 Å². The van der Waals surface area contributed by atoms with Gasteiger partial charge in [0, 0.05) is 5.57 Å². The molecule has 2 aromatic carbocycles. The van der Waals surface area contributed by atoms with Crippen LogP contribution in [0.4, 0.5) is 0 Å². The summed E-state index contributed by atoms with van der Waals surface area (Å²) in [4.78, 5) is 10.6. The Kier molecular flexibility index (Phi) is 11.4. The lowest BCUT2D eigenvalue weighted by molar-refractivity contribution is -0.138. The van der Waals surface area contributed by atoms with E-state index >= 15 is 0 Å². The molecule has 0 aliphatic rings. The summed E-state index contributed by atoms with van der Waals surface area (Å²) in [5.41, 5.74) is 0.462. The molecule has 0 aliphatic carbocycles. The summed E-state index contributed by atoms with van der Waals surface area (Å²) in [6.07, 6.45) is 0.860. The average Bonchev–Trinajstić information content (AvgIpc) is 2.55. The summed E-state index contributed by atoms with van der Waals surface area (Å²) in [6, 6.07) is 17.4. The number of carbonyl (C=O) groups excluding carboxylic acids is 1. The van der Waals surface area contributed by atoms with E-state index in [9.17, 15) is 4.79 Å². The molecule has 0 atom stereocenters. The molecule has 124 valence electrons. The summed E-state index contributed by atoms with van der Waals surface area (Å²) in [5.74, 6) is 0.349. The van der Waals surface area contributed by atoms with Crippen LogP contribution in [0.5, 0.6) is 11.5 Å². The number of hydrogen-bond donors (Lipinski definition) is 2. The first-order chi connectivity index (χ1) is 11.0. The normalized spacial score (nSPS) is 8.61. The average molecular weight is 316 g/mol. The van der Waals surface area contributed by atoms with Gasteiger partial charge in [0.25, 0.3) is 0 Å². The van der Waals surface area contributed by atoms with Crippen molar-refractivity contribution in [2.24, 2.45) is 0 Å². The maximum atomic E-state index is 10.6. The molecule has 0 unspecified atom stereocenters. The molecule has 0 amide bonds. The molecule has 0 aromatic heterocycles. The Bertz CT molecular complexity index is 513. The number of phenols is 2. The molecular weight excluding hydrogens is 292 g/mol. The molecule has 0 fully saturated rings. The van der Waals surface area contributed by atoms with Gasteiger partial charge in [-0.25, -0.2) is 4.79 Å². The van der Waals surface area contributed by atoms with E-state index in [4.69, 9.17) is 14.9 Å². The molecule has 23 heavy (non-hydrogen) atoms. The maximum absolute atomic E-state index is 10.6. The van der Waals surface area contributed by atoms with Crippen LogP contribution in [0.25, 0.3) is 0 Å². The smallest absolute Gasteiger partial charge is 0.333 e. The Morgan fingerprint density at radius 1 is 0.957 bits per heavy atom. The highest BCUT2D eigenvalue weighted by molar-refractivity contribution is 5.86. The van der Waals surface area contributed by atoms with E-state index in [1.54, 1.807) is 55.5 Å². The van der Waals surface area contributed by atoms with Crippen LogP contribution in [0.3, 0.4) is 0 Å². The molecule has 0 spiro atoms. The minimum Gasteiger partial charge on any atom is -0.508 e. The summed E-state index contributed by atoms with van der Waals surface area (Å²) in [6.45, 7) is 7.51. The second kappa shape index (κ2) is 13.0. The van der Waals surface area contributed by atoms with Gasteiger partial charge in [0.2, 0.25) is 0 Å². The van der Waals surface area contributed by atoms with Crippen molar-refractivity contribution in [1.82, 2.24) is 0 Å². The van der Waals surface area contributed by atoms with Crippen molar-refractivity contribution in [2.45, 2.75) is 20.3 Å². The van der Waals surface area contributed by atoms with Crippen molar-refractivity contribution >= 4 is 5.97 Å². The zero-order valence-electron chi connectivity index (χ0n) is 13.6. The van der Waals surface area contributed by atoms with Gasteiger partial charge in [-0.05, 0) is 37.6 Å². The van der Waals surface area contributed by atoms with Gasteiger partial charge in [0.1, 0.15) is 11.5 Å². The molecule has 2 rings (SSSR count). The van der Waals surface area contributed by atoms with E-state index in [1.807, 2.05) is 19.1 Å². The standard InChI is InChI=1S/C7H12O2.2C6H6O/c1-4-5-9-7(8)6(2)3;2*7-6-4-2-1-3-5-6/h2,4-5H2,1,3H3;2*1-5,7H. The number of carbonyl (C=O) groups is 1. The first kappa shape index (κ1) is 20.2. The zero-order chi connectivity index (χ0) is 17.5. The fourth-order valence-electron chi connectivity index (χ4n) is 1.17. The number of phenolic OH excluding ortho intramolecular Hbond substituents is 2. The topological polar surface area (TPSA) is 66.8 Å². The minimum absolute atomic E-state index is 0.295. The third kappa shape index (κ3) is 12.7. The van der Waals surface area contributed by atoms with E-state index in [0.29, 0.717) is 23.7 Å². The molecule has 2 N–H and O–H groups in total. The lowest BCUT2D eigenvalue weighted by atomic mass is 10.3. The van der Waals surface area contributed by atoms with Crippen LogP contribution in [0.15, 0.2) is 72.8 Å². The quantitative estimate of drug-likeness (QED) is 0.654. The van der Waals surface area contributed by atoms with Crippen LogP contribution >= 0.6 is 0 Å². The van der Waals surface area contributed by atoms with Crippen molar-refractivity contribution in [2.75, 3.05) is 6.61 Å². The number of para-hydroxylation sites is 2. The number of esters is 1. The van der Waals surface area contributed by atoms with Crippen LogP contribution in [0, 0.1) is 0 Å². The van der Waals surface area contributed by atoms with E-state index < -0.39 is 0 Å². The molecule has 0 heterocycles. The Morgan fingerprint density at radius 3 is 1.57 bits per heavy atom. The van der Waals surface area contributed by atoms with Gasteiger partial charge in [0.15, 0.2) is 0 Å². The predicted octanol–water partition coefficient (Wildman–Crippen LogP) is 4.30. The highest BCUT2D eigenvalue weighted by Crippen LogP contribution is 2.03. The van der Waals surface area contributed by atoms with Crippen molar-refractivity contribution in [3.63, 3.8) is 0 Å². The molecule has 0 saturated heterocycles. The van der Waals surface area contributed by atoms with Gasteiger partial charge < -0.3 is 14.9 Å². The third-order valence-corrected chi connectivity index (χ3v) is 2.30. The molecule has 0 aliphatic heterocycles. The Hall–Kier alpha value is -2.75. The highest BCUT2D eigenvalue weighted by Gasteiger charge is 1.99. The van der Waals surface area contributed by atoms with Gasteiger partial charge in [0.05, 0.1) is 6.61 Å². The molecule has 4 heteroatoms. The van der Waals surface area contributed by atoms with E-state index in [-0.39, 0.29) is 5.97 Å². The number of rotatable bonds is 3. The van der Waals surface area contributed by atoms with Crippen molar-refractivity contribution in [3.8, 4) is 11.5 Å². The molecule has 4 nitrogen and oxygen atoms in total. The molecule has 0 radical (unpaired) electrons. The fourth-order valence-corrected chi connectivity index (χ4v) is 1.17. The first-order valence-electron chi connectivity index (χ1n) is 7.28. The molecule has 0 saturated carbocycles. The Balaban J connectivity index is 0.000000318. The predicted molar refractivity (Wildman–Crippen MR) is 92.3 cm³/mol. The Morgan fingerprint density at radius 2 is 1.35 bits per heavy atom. The summed E-state index contributed by atoms with van der Waals surface area (Å²) < 4.78 is 4.71. The lowest BCUT2D eigenvalue weighted by Gasteiger charge is -1.99. The Labute approximate surface area is 137 Å². The number of aromatic hydroxyl groups is 2. The SMILES string of the molecule is C=C(C)C(=O)OCCC.Oc1ccccc1.Oc1ccccc1. The monoisotopic (exact) mass is 316 g/mol. The number of hydrogen-bond acceptors (Lipinski definition) is 4. The van der Waals surface area contributed by atoms with Crippen molar-refractivity contribution < 1.29 is 19.7 Å². The third-order valence-electron chi connectivity index (χ3n) is 2.30. The van der Waals surface area contributed by atoms with Crippen molar-refractivity contribution in [3.05, 3.63) is 72.8 Å². The highest BCUT2D eigenvalue weighted by atomic mass is 16.5. The molecule has 0 bridgehead atoms. The van der Waals surface area contributed by atoms with Gasteiger partial charge in [-0.15, -0.1) is 0 Å². The maximum Gasteiger partial charge on any atom is 0.333 e. The second-order valence-electron chi connectivity index (χ2n) is 4.59. The molecular formula is C19H24O4. The van der Waals surface area contributed by atoms with Crippen LogP contribution in [-0.4, -0.2) is 22.8 Å².